The Morgan fingerprint density at radius 1 is 1.24 bits per heavy atom. The number of nitrogens with one attached hydrogen (secondary N) is 1. The second kappa shape index (κ2) is 6.18. The molecular weight excluding hydrogens is 260 g/mol. The van der Waals surface area contributed by atoms with E-state index in [-0.39, 0.29) is 5.91 Å². The van der Waals surface area contributed by atoms with Crippen molar-refractivity contribution in [1.29, 1.82) is 0 Å². The highest BCUT2D eigenvalue weighted by Crippen LogP contribution is 2.39. The van der Waals surface area contributed by atoms with Crippen molar-refractivity contribution in [2.24, 2.45) is 17.6 Å². The highest BCUT2D eigenvalue weighted by atomic mass is 16.1. The molecule has 3 N–H and O–H groups in total. The number of amides is 1. The van der Waals surface area contributed by atoms with Crippen LogP contribution in [-0.2, 0) is 11.2 Å². The molecule has 0 heterocycles. The Hall–Kier alpha value is -1.35. The highest BCUT2D eigenvalue weighted by molar-refractivity contribution is 5.79. The van der Waals surface area contributed by atoms with Gasteiger partial charge >= 0.3 is 0 Å². The van der Waals surface area contributed by atoms with Gasteiger partial charge in [-0.3, -0.25) is 4.79 Å². The molecule has 2 unspecified atom stereocenters. The fraction of sp³-hybridized carbons (Fsp3) is 0.611. The molecule has 21 heavy (non-hydrogen) atoms. The molecule has 1 amide bonds. The van der Waals surface area contributed by atoms with Crippen LogP contribution < -0.4 is 11.1 Å². The third-order valence-corrected chi connectivity index (χ3v) is 5.32. The monoisotopic (exact) mass is 286 g/mol. The molecule has 0 spiro atoms. The minimum atomic E-state index is 0.168. The van der Waals surface area contributed by atoms with Gasteiger partial charge in [-0.25, -0.2) is 0 Å². The number of carbonyl (C=O) groups is 1. The van der Waals surface area contributed by atoms with Crippen molar-refractivity contribution in [3.63, 3.8) is 0 Å². The molecule has 1 aromatic carbocycles. The summed E-state index contributed by atoms with van der Waals surface area (Å²) in [6.45, 7) is 2.07. The van der Waals surface area contributed by atoms with Gasteiger partial charge in [0, 0.05) is 12.1 Å². The van der Waals surface area contributed by atoms with Crippen LogP contribution in [0.1, 0.15) is 43.2 Å². The predicted molar refractivity (Wildman–Crippen MR) is 84.9 cm³/mol. The normalized spacial score (nSPS) is 31.7. The van der Waals surface area contributed by atoms with Crippen LogP contribution >= 0.6 is 0 Å². The van der Waals surface area contributed by atoms with Crippen molar-refractivity contribution in [1.82, 2.24) is 5.32 Å². The number of hydrogen-bond donors (Lipinski definition) is 2. The zero-order valence-corrected chi connectivity index (χ0v) is 12.8. The van der Waals surface area contributed by atoms with E-state index in [2.05, 4.69) is 18.3 Å². The zero-order chi connectivity index (χ0) is 14.8. The predicted octanol–water partition coefficient (Wildman–Crippen LogP) is 2.56. The van der Waals surface area contributed by atoms with E-state index in [9.17, 15) is 4.79 Å². The van der Waals surface area contributed by atoms with Crippen molar-refractivity contribution in [2.45, 2.75) is 57.5 Å². The first kappa shape index (κ1) is 14.6. The SMILES string of the molecule is Cc1ccccc1CC(=O)NC1C2CCCC1CC(N)C2. The molecule has 0 radical (unpaired) electrons. The summed E-state index contributed by atoms with van der Waals surface area (Å²) in [5.41, 5.74) is 8.47. The van der Waals surface area contributed by atoms with E-state index >= 15 is 0 Å². The molecular formula is C18H26N2O. The first-order valence-corrected chi connectivity index (χ1v) is 8.23. The van der Waals surface area contributed by atoms with Gasteiger partial charge in [-0.15, -0.1) is 0 Å². The first-order valence-electron chi connectivity index (χ1n) is 8.23. The van der Waals surface area contributed by atoms with Gasteiger partial charge in [0.25, 0.3) is 0 Å². The lowest BCUT2D eigenvalue weighted by molar-refractivity contribution is -0.122. The Balaban J connectivity index is 1.63. The molecule has 0 aliphatic heterocycles. The van der Waals surface area contributed by atoms with Gasteiger partial charge < -0.3 is 11.1 Å². The van der Waals surface area contributed by atoms with Crippen LogP contribution in [0.25, 0.3) is 0 Å². The van der Waals surface area contributed by atoms with E-state index in [0.717, 1.165) is 18.4 Å². The summed E-state index contributed by atoms with van der Waals surface area (Å²) in [5.74, 6) is 1.35. The summed E-state index contributed by atoms with van der Waals surface area (Å²) < 4.78 is 0. The molecule has 2 bridgehead atoms. The number of hydrogen-bond acceptors (Lipinski definition) is 2. The summed E-state index contributed by atoms with van der Waals surface area (Å²) in [6, 6.07) is 8.83. The molecule has 2 saturated carbocycles. The summed E-state index contributed by atoms with van der Waals surface area (Å²) >= 11 is 0. The summed E-state index contributed by atoms with van der Waals surface area (Å²) in [5, 5.41) is 3.32. The fourth-order valence-electron chi connectivity index (χ4n) is 4.24. The van der Waals surface area contributed by atoms with Crippen molar-refractivity contribution < 1.29 is 4.79 Å². The van der Waals surface area contributed by atoms with Crippen LogP contribution in [0, 0.1) is 18.8 Å². The van der Waals surface area contributed by atoms with Crippen LogP contribution in [0.4, 0.5) is 0 Å². The van der Waals surface area contributed by atoms with Crippen LogP contribution in [0.5, 0.6) is 0 Å². The third kappa shape index (κ3) is 3.29. The Labute approximate surface area is 127 Å². The third-order valence-electron chi connectivity index (χ3n) is 5.32. The van der Waals surface area contributed by atoms with Gasteiger partial charge in [0.2, 0.25) is 5.91 Å². The molecule has 3 rings (SSSR count). The molecule has 3 heteroatoms. The van der Waals surface area contributed by atoms with E-state index in [0.29, 0.717) is 30.3 Å². The maximum absolute atomic E-state index is 12.4. The van der Waals surface area contributed by atoms with E-state index in [1.165, 1.54) is 24.8 Å². The van der Waals surface area contributed by atoms with Gasteiger partial charge in [-0.05, 0) is 55.6 Å². The van der Waals surface area contributed by atoms with Crippen molar-refractivity contribution in [3.05, 3.63) is 35.4 Å². The molecule has 0 aromatic heterocycles. The van der Waals surface area contributed by atoms with Crippen molar-refractivity contribution in [2.75, 3.05) is 0 Å². The Kier molecular flexibility index (Phi) is 4.29. The average molecular weight is 286 g/mol. The molecule has 3 nitrogen and oxygen atoms in total. The summed E-state index contributed by atoms with van der Waals surface area (Å²) in [4.78, 5) is 12.4. The zero-order valence-electron chi connectivity index (χ0n) is 12.8. The van der Waals surface area contributed by atoms with Gasteiger partial charge in [0.15, 0.2) is 0 Å². The molecule has 114 valence electrons. The summed E-state index contributed by atoms with van der Waals surface area (Å²) in [7, 11) is 0. The maximum Gasteiger partial charge on any atom is 0.224 e. The molecule has 2 atom stereocenters. The Morgan fingerprint density at radius 3 is 2.57 bits per heavy atom. The lowest BCUT2D eigenvalue weighted by Gasteiger charge is -2.45. The van der Waals surface area contributed by atoms with Gasteiger partial charge in [0.1, 0.15) is 0 Å². The van der Waals surface area contributed by atoms with Crippen LogP contribution in [0.3, 0.4) is 0 Å². The Morgan fingerprint density at radius 2 is 1.90 bits per heavy atom. The van der Waals surface area contributed by atoms with E-state index in [4.69, 9.17) is 5.73 Å². The van der Waals surface area contributed by atoms with Gasteiger partial charge in [0.05, 0.1) is 6.42 Å². The number of nitrogens with two attached hydrogens (primary N) is 1. The van der Waals surface area contributed by atoms with Gasteiger partial charge in [-0.2, -0.15) is 0 Å². The van der Waals surface area contributed by atoms with E-state index in [1.807, 2.05) is 18.2 Å². The Bertz CT molecular complexity index is 500. The first-order chi connectivity index (χ1) is 10.1. The molecule has 2 aliphatic rings. The van der Waals surface area contributed by atoms with E-state index in [1.54, 1.807) is 0 Å². The second-order valence-corrected chi connectivity index (χ2v) is 6.88. The number of aryl methyl sites for hydroxylation is 1. The fourth-order valence-corrected chi connectivity index (χ4v) is 4.24. The topological polar surface area (TPSA) is 55.1 Å². The molecule has 0 saturated heterocycles. The minimum Gasteiger partial charge on any atom is -0.353 e. The highest BCUT2D eigenvalue weighted by Gasteiger charge is 2.39. The van der Waals surface area contributed by atoms with Crippen LogP contribution in [-0.4, -0.2) is 18.0 Å². The molecule has 1 aromatic rings. The minimum absolute atomic E-state index is 0.168. The lowest BCUT2D eigenvalue weighted by Crippen LogP contribution is -2.54. The lowest BCUT2D eigenvalue weighted by atomic mass is 9.67. The number of benzene rings is 1. The number of fused-ring (bicyclic) bond motifs is 2. The van der Waals surface area contributed by atoms with Crippen molar-refractivity contribution >= 4 is 5.91 Å². The maximum atomic E-state index is 12.4. The molecule has 2 aliphatic carbocycles. The second-order valence-electron chi connectivity index (χ2n) is 6.88. The number of carbonyl (C=O) groups excluding carboxylic acids is 1. The number of rotatable bonds is 3. The quantitative estimate of drug-likeness (QED) is 0.897. The standard InChI is InChI=1S/C18H26N2O/c1-12-5-2-3-6-13(12)11-17(21)20-18-14-7-4-8-15(18)10-16(19)9-14/h2-3,5-6,14-16,18H,4,7-11,19H2,1H3,(H,20,21). The smallest absolute Gasteiger partial charge is 0.224 e. The van der Waals surface area contributed by atoms with Crippen LogP contribution in [0.2, 0.25) is 0 Å². The van der Waals surface area contributed by atoms with E-state index < -0.39 is 0 Å². The van der Waals surface area contributed by atoms with Crippen LogP contribution in [0.15, 0.2) is 24.3 Å². The van der Waals surface area contributed by atoms with Gasteiger partial charge in [-0.1, -0.05) is 30.7 Å². The summed E-state index contributed by atoms with van der Waals surface area (Å²) in [6.07, 6.45) is 6.39. The van der Waals surface area contributed by atoms with Crippen molar-refractivity contribution in [3.8, 4) is 0 Å². The molecule has 2 fully saturated rings. The largest absolute Gasteiger partial charge is 0.353 e. The average Bonchev–Trinajstić information content (AvgIpc) is 2.42.